The standard InChI is InChI=1S/C27H41N5O.2ClH/c1-5-32-21(3)25(20(2)29-32)19-30(4)27(33)13-9-12-26-24-14-23(15-28-26)17-31(18-24)16-22-10-7-6-8-11-22;;/h6-8,10-11,23-24,26,28H,5,9,12-19H2,1-4H3;2*1H/t23-,24+,26+;;/m0../s1. The predicted molar refractivity (Wildman–Crippen MR) is 147 cm³/mol. The molecule has 2 bridgehead atoms. The summed E-state index contributed by atoms with van der Waals surface area (Å²) in [5.41, 5.74) is 4.80. The molecule has 2 aliphatic rings. The van der Waals surface area contributed by atoms with Gasteiger partial charge in [0.1, 0.15) is 0 Å². The average molecular weight is 525 g/mol. The smallest absolute Gasteiger partial charge is 0.222 e. The number of aromatic nitrogens is 2. The SMILES string of the molecule is CCn1nc(C)c(CN(C)C(=O)CCC[C@H]2NC[C@@H]3C[C@@H]2CN(Cc2ccccc2)C3)c1C.Cl.Cl. The second-order valence-corrected chi connectivity index (χ2v) is 10.2. The van der Waals surface area contributed by atoms with Crippen molar-refractivity contribution in [3.63, 3.8) is 0 Å². The molecule has 0 spiro atoms. The number of amides is 1. The third kappa shape index (κ3) is 7.45. The van der Waals surface area contributed by atoms with Gasteiger partial charge >= 0.3 is 0 Å². The molecular weight excluding hydrogens is 481 g/mol. The third-order valence-corrected chi connectivity index (χ3v) is 7.69. The summed E-state index contributed by atoms with van der Waals surface area (Å²) in [5, 5.41) is 8.40. The van der Waals surface area contributed by atoms with E-state index in [1.807, 2.05) is 23.6 Å². The second kappa shape index (κ2) is 13.6. The van der Waals surface area contributed by atoms with Gasteiger partial charge < -0.3 is 10.2 Å². The van der Waals surface area contributed by atoms with Crippen LogP contribution in [0.5, 0.6) is 0 Å². The van der Waals surface area contributed by atoms with Crippen LogP contribution in [0.1, 0.15) is 55.1 Å². The molecule has 4 rings (SSSR count). The second-order valence-electron chi connectivity index (χ2n) is 10.2. The lowest BCUT2D eigenvalue weighted by atomic mass is 9.79. The van der Waals surface area contributed by atoms with Crippen molar-refractivity contribution in [2.45, 2.75) is 72.1 Å². The van der Waals surface area contributed by atoms with E-state index in [2.05, 4.69) is 59.5 Å². The Bertz CT molecular complexity index is 935. The highest BCUT2D eigenvalue weighted by molar-refractivity contribution is 5.85. The Morgan fingerprint density at radius 3 is 2.60 bits per heavy atom. The monoisotopic (exact) mass is 523 g/mol. The quantitative estimate of drug-likeness (QED) is 0.521. The normalized spacial score (nSPS) is 21.7. The number of likely N-dealkylation sites (tertiary alicyclic amines) is 1. The first-order valence-electron chi connectivity index (χ1n) is 12.7. The van der Waals surface area contributed by atoms with Crippen molar-refractivity contribution in [3.05, 3.63) is 52.8 Å². The van der Waals surface area contributed by atoms with Gasteiger partial charge in [-0.1, -0.05) is 30.3 Å². The van der Waals surface area contributed by atoms with Crippen LogP contribution in [-0.2, 0) is 24.4 Å². The van der Waals surface area contributed by atoms with E-state index in [1.165, 1.54) is 29.8 Å². The molecule has 2 fully saturated rings. The van der Waals surface area contributed by atoms with Crippen LogP contribution in [-0.4, -0.2) is 58.2 Å². The summed E-state index contributed by atoms with van der Waals surface area (Å²) in [4.78, 5) is 17.3. The molecule has 2 saturated heterocycles. The molecule has 1 aromatic carbocycles. The summed E-state index contributed by atoms with van der Waals surface area (Å²) in [6.07, 6.45) is 3.99. The Morgan fingerprint density at radius 2 is 1.91 bits per heavy atom. The molecule has 2 aromatic rings. The van der Waals surface area contributed by atoms with E-state index in [0.717, 1.165) is 50.6 Å². The number of nitrogens with zero attached hydrogens (tertiary/aromatic N) is 4. The summed E-state index contributed by atoms with van der Waals surface area (Å²) < 4.78 is 2.02. The van der Waals surface area contributed by atoms with Crippen LogP contribution in [0.4, 0.5) is 0 Å². The number of halogens is 2. The van der Waals surface area contributed by atoms with Crippen LogP contribution in [0.25, 0.3) is 0 Å². The molecule has 35 heavy (non-hydrogen) atoms. The van der Waals surface area contributed by atoms with E-state index in [1.54, 1.807) is 0 Å². The van der Waals surface area contributed by atoms with Gasteiger partial charge in [-0.2, -0.15) is 5.10 Å². The maximum absolute atomic E-state index is 12.8. The van der Waals surface area contributed by atoms with Crippen molar-refractivity contribution >= 4 is 30.7 Å². The maximum atomic E-state index is 12.8. The van der Waals surface area contributed by atoms with Crippen molar-refractivity contribution in [1.82, 2.24) is 24.9 Å². The minimum absolute atomic E-state index is 0. The van der Waals surface area contributed by atoms with Gasteiger partial charge in [-0.25, -0.2) is 0 Å². The topological polar surface area (TPSA) is 53.4 Å². The van der Waals surface area contributed by atoms with Crippen LogP contribution < -0.4 is 5.32 Å². The first-order valence-corrected chi connectivity index (χ1v) is 12.7. The molecule has 3 heterocycles. The summed E-state index contributed by atoms with van der Waals surface area (Å²) in [7, 11) is 1.93. The van der Waals surface area contributed by atoms with E-state index in [9.17, 15) is 4.79 Å². The molecule has 1 N–H and O–H groups in total. The Kier molecular flexibility index (Phi) is 11.5. The molecule has 2 aliphatic heterocycles. The molecule has 0 unspecified atom stereocenters. The van der Waals surface area contributed by atoms with Gasteiger partial charge in [0.15, 0.2) is 0 Å². The van der Waals surface area contributed by atoms with Crippen molar-refractivity contribution in [3.8, 4) is 0 Å². The molecule has 6 nitrogen and oxygen atoms in total. The van der Waals surface area contributed by atoms with Gasteiger partial charge in [-0.15, -0.1) is 24.8 Å². The summed E-state index contributed by atoms with van der Waals surface area (Å²) in [6.45, 7) is 12.3. The number of carbonyl (C=O) groups excluding carboxylic acids is 1. The zero-order valence-corrected chi connectivity index (χ0v) is 23.3. The number of hydrogen-bond acceptors (Lipinski definition) is 4. The Labute approximate surface area is 223 Å². The fraction of sp³-hybridized carbons (Fsp3) is 0.630. The molecule has 196 valence electrons. The summed E-state index contributed by atoms with van der Waals surface area (Å²) in [6, 6.07) is 11.4. The van der Waals surface area contributed by atoms with E-state index in [0.29, 0.717) is 24.9 Å². The van der Waals surface area contributed by atoms with Gasteiger partial charge in [0.2, 0.25) is 5.91 Å². The zero-order chi connectivity index (χ0) is 23.4. The fourth-order valence-corrected chi connectivity index (χ4v) is 5.84. The molecule has 1 aromatic heterocycles. The van der Waals surface area contributed by atoms with E-state index >= 15 is 0 Å². The van der Waals surface area contributed by atoms with Crippen LogP contribution in [0, 0.1) is 25.7 Å². The highest BCUT2D eigenvalue weighted by atomic mass is 35.5. The first kappa shape index (κ1) is 29.6. The number of rotatable bonds is 9. The molecule has 3 atom stereocenters. The van der Waals surface area contributed by atoms with Crippen molar-refractivity contribution < 1.29 is 4.79 Å². The Balaban J connectivity index is 0.00000216. The number of aryl methyl sites for hydroxylation is 2. The van der Waals surface area contributed by atoms with Crippen LogP contribution in [0.2, 0.25) is 0 Å². The highest BCUT2D eigenvalue weighted by Gasteiger charge is 2.36. The van der Waals surface area contributed by atoms with Gasteiger partial charge in [-0.05, 0) is 64.0 Å². The minimum Gasteiger partial charge on any atom is -0.341 e. The molecule has 0 saturated carbocycles. The highest BCUT2D eigenvalue weighted by Crippen LogP contribution is 2.31. The van der Waals surface area contributed by atoms with E-state index < -0.39 is 0 Å². The van der Waals surface area contributed by atoms with E-state index in [-0.39, 0.29) is 30.7 Å². The summed E-state index contributed by atoms with van der Waals surface area (Å²) >= 11 is 0. The van der Waals surface area contributed by atoms with Crippen molar-refractivity contribution in [1.29, 1.82) is 0 Å². The number of piperidine rings is 2. The van der Waals surface area contributed by atoms with Crippen LogP contribution in [0.15, 0.2) is 30.3 Å². The lowest BCUT2D eigenvalue weighted by molar-refractivity contribution is -0.130. The van der Waals surface area contributed by atoms with Gasteiger partial charge in [0.25, 0.3) is 0 Å². The minimum atomic E-state index is 0. The third-order valence-electron chi connectivity index (χ3n) is 7.69. The van der Waals surface area contributed by atoms with Gasteiger partial charge in [0, 0.05) is 63.5 Å². The lowest BCUT2D eigenvalue weighted by Crippen LogP contribution is -2.55. The number of nitrogens with one attached hydrogen (secondary N) is 1. The molecule has 0 aliphatic carbocycles. The maximum Gasteiger partial charge on any atom is 0.222 e. The van der Waals surface area contributed by atoms with Crippen molar-refractivity contribution in [2.24, 2.45) is 11.8 Å². The van der Waals surface area contributed by atoms with Crippen LogP contribution >= 0.6 is 24.8 Å². The molecule has 8 heteroatoms. The van der Waals surface area contributed by atoms with Crippen molar-refractivity contribution in [2.75, 3.05) is 26.7 Å². The lowest BCUT2D eigenvalue weighted by Gasteiger charge is -2.46. The Morgan fingerprint density at radius 1 is 1.17 bits per heavy atom. The number of carbonyl (C=O) groups is 1. The first-order chi connectivity index (χ1) is 15.9. The van der Waals surface area contributed by atoms with Crippen LogP contribution in [0.3, 0.4) is 0 Å². The van der Waals surface area contributed by atoms with E-state index in [4.69, 9.17) is 0 Å². The fourth-order valence-electron chi connectivity index (χ4n) is 5.84. The van der Waals surface area contributed by atoms with Gasteiger partial charge in [-0.3, -0.25) is 14.4 Å². The molecular formula is C27H43Cl2N5O. The molecule has 0 radical (unpaired) electrons. The Hall–Kier alpha value is -1.60. The summed E-state index contributed by atoms with van der Waals surface area (Å²) in [5.74, 6) is 1.69. The average Bonchev–Trinajstić information content (AvgIpc) is 3.08. The number of benzene rings is 1. The number of hydrogen-bond donors (Lipinski definition) is 1. The number of fused-ring (bicyclic) bond motifs is 2. The van der Waals surface area contributed by atoms with Gasteiger partial charge in [0.05, 0.1) is 5.69 Å². The zero-order valence-electron chi connectivity index (χ0n) is 21.7. The largest absolute Gasteiger partial charge is 0.341 e. The predicted octanol–water partition coefficient (Wildman–Crippen LogP) is 4.60. The molecule has 1 amide bonds.